The van der Waals surface area contributed by atoms with Crippen molar-refractivity contribution in [2.24, 2.45) is 0 Å². The summed E-state index contributed by atoms with van der Waals surface area (Å²) in [5, 5.41) is 11.5. The molecule has 0 saturated heterocycles. The van der Waals surface area contributed by atoms with Crippen LogP contribution < -0.4 is 4.74 Å². The summed E-state index contributed by atoms with van der Waals surface area (Å²) in [6.45, 7) is 4.36. The summed E-state index contributed by atoms with van der Waals surface area (Å²) >= 11 is 1.69. The molecule has 0 aliphatic carbocycles. The third-order valence-electron chi connectivity index (χ3n) is 2.63. The summed E-state index contributed by atoms with van der Waals surface area (Å²) in [4.78, 5) is 1.21. The first kappa shape index (κ1) is 12.1. The standard InChI is InChI=1S/C14H16O2S/c1-10-8-12(11(2)15)5-6-14(10)16-9-13-4-3-7-17-13/h3-8,11,15H,9H2,1-2H3/t11-/m1/s1. The highest BCUT2D eigenvalue weighted by atomic mass is 32.1. The zero-order valence-electron chi connectivity index (χ0n) is 10.0. The van der Waals surface area contributed by atoms with Crippen molar-refractivity contribution in [1.29, 1.82) is 0 Å². The average molecular weight is 248 g/mol. The highest BCUT2D eigenvalue weighted by Crippen LogP contribution is 2.24. The van der Waals surface area contributed by atoms with Crippen LogP contribution in [0.1, 0.15) is 29.0 Å². The van der Waals surface area contributed by atoms with Crippen LogP contribution in [0.2, 0.25) is 0 Å². The van der Waals surface area contributed by atoms with Crippen LogP contribution in [-0.2, 0) is 6.61 Å². The highest BCUT2D eigenvalue weighted by molar-refractivity contribution is 7.09. The molecule has 0 aliphatic heterocycles. The highest BCUT2D eigenvalue weighted by Gasteiger charge is 2.05. The van der Waals surface area contributed by atoms with Crippen LogP contribution >= 0.6 is 11.3 Å². The molecule has 2 nitrogen and oxygen atoms in total. The van der Waals surface area contributed by atoms with Crippen molar-refractivity contribution < 1.29 is 9.84 Å². The molecule has 90 valence electrons. The van der Waals surface area contributed by atoms with Gasteiger partial charge in [0.05, 0.1) is 6.10 Å². The van der Waals surface area contributed by atoms with E-state index in [0.29, 0.717) is 6.61 Å². The van der Waals surface area contributed by atoms with Crippen LogP contribution in [0.15, 0.2) is 35.7 Å². The molecule has 2 aromatic rings. The van der Waals surface area contributed by atoms with E-state index < -0.39 is 6.10 Å². The molecule has 1 atom stereocenters. The van der Waals surface area contributed by atoms with E-state index >= 15 is 0 Å². The Balaban J connectivity index is 2.06. The molecule has 0 spiro atoms. The van der Waals surface area contributed by atoms with Crippen molar-refractivity contribution in [3.8, 4) is 5.75 Å². The molecule has 0 radical (unpaired) electrons. The Morgan fingerprint density at radius 1 is 1.35 bits per heavy atom. The Hall–Kier alpha value is -1.32. The lowest BCUT2D eigenvalue weighted by atomic mass is 10.1. The zero-order chi connectivity index (χ0) is 12.3. The van der Waals surface area contributed by atoms with Crippen molar-refractivity contribution in [2.75, 3.05) is 0 Å². The molecular weight excluding hydrogens is 232 g/mol. The number of aryl methyl sites for hydroxylation is 1. The third-order valence-corrected chi connectivity index (χ3v) is 3.48. The fourth-order valence-corrected chi connectivity index (χ4v) is 2.25. The largest absolute Gasteiger partial charge is 0.488 e. The smallest absolute Gasteiger partial charge is 0.122 e. The van der Waals surface area contributed by atoms with E-state index in [9.17, 15) is 5.11 Å². The van der Waals surface area contributed by atoms with E-state index in [-0.39, 0.29) is 0 Å². The number of ether oxygens (including phenoxy) is 1. The van der Waals surface area contributed by atoms with Gasteiger partial charge in [-0.15, -0.1) is 11.3 Å². The Labute approximate surface area is 105 Å². The Kier molecular flexibility index (Phi) is 3.82. The van der Waals surface area contributed by atoms with Crippen LogP contribution in [0.5, 0.6) is 5.75 Å². The first-order chi connectivity index (χ1) is 8.16. The van der Waals surface area contributed by atoms with E-state index in [1.165, 1.54) is 4.88 Å². The van der Waals surface area contributed by atoms with Crippen molar-refractivity contribution in [3.63, 3.8) is 0 Å². The van der Waals surface area contributed by atoms with E-state index in [1.807, 2.05) is 36.6 Å². The summed E-state index contributed by atoms with van der Waals surface area (Å²) in [6, 6.07) is 9.87. The van der Waals surface area contributed by atoms with Crippen LogP contribution in [0.3, 0.4) is 0 Å². The van der Waals surface area contributed by atoms with Gasteiger partial charge in [0.2, 0.25) is 0 Å². The molecule has 0 bridgehead atoms. The monoisotopic (exact) mass is 248 g/mol. The Bertz CT molecular complexity index is 475. The predicted octanol–water partition coefficient (Wildman–Crippen LogP) is 3.69. The summed E-state index contributed by atoms with van der Waals surface area (Å²) in [7, 11) is 0. The molecule has 2 rings (SSSR count). The number of benzene rings is 1. The van der Waals surface area contributed by atoms with Gasteiger partial charge in [-0.25, -0.2) is 0 Å². The fraction of sp³-hybridized carbons (Fsp3) is 0.286. The van der Waals surface area contributed by atoms with Gasteiger partial charge in [-0.1, -0.05) is 12.1 Å². The molecule has 0 fully saturated rings. The minimum absolute atomic E-state index is 0.431. The van der Waals surface area contributed by atoms with E-state index in [4.69, 9.17) is 4.74 Å². The molecule has 1 aromatic heterocycles. The van der Waals surface area contributed by atoms with Gasteiger partial charge in [0, 0.05) is 4.88 Å². The van der Waals surface area contributed by atoms with Crippen molar-refractivity contribution in [3.05, 3.63) is 51.7 Å². The fourth-order valence-electron chi connectivity index (χ4n) is 1.64. The lowest BCUT2D eigenvalue weighted by molar-refractivity contribution is 0.199. The van der Waals surface area contributed by atoms with Gasteiger partial charge in [-0.05, 0) is 48.6 Å². The molecule has 1 aromatic carbocycles. The Morgan fingerprint density at radius 2 is 2.18 bits per heavy atom. The lowest BCUT2D eigenvalue weighted by Gasteiger charge is -2.11. The van der Waals surface area contributed by atoms with Gasteiger partial charge >= 0.3 is 0 Å². The van der Waals surface area contributed by atoms with E-state index in [0.717, 1.165) is 16.9 Å². The van der Waals surface area contributed by atoms with Crippen molar-refractivity contribution in [1.82, 2.24) is 0 Å². The Morgan fingerprint density at radius 3 is 2.76 bits per heavy atom. The van der Waals surface area contributed by atoms with E-state index in [1.54, 1.807) is 18.3 Å². The summed E-state index contributed by atoms with van der Waals surface area (Å²) < 4.78 is 5.74. The van der Waals surface area contributed by atoms with Crippen LogP contribution in [-0.4, -0.2) is 5.11 Å². The second kappa shape index (κ2) is 5.34. The minimum atomic E-state index is -0.431. The van der Waals surface area contributed by atoms with E-state index in [2.05, 4.69) is 6.07 Å². The van der Waals surface area contributed by atoms with Gasteiger partial charge in [-0.2, -0.15) is 0 Å². The van der Waals surface area contributed by atoms with Gasteiger partial charge < -0.3 is 9.84 Å². The number of thiophene rings is 1. The summed E-state index contributed by atoms with van der Waals surface area (Å²) in [5.74, 6) is 0.878. The second-order valence-corrected chi connectivity index (χ2v) is 5.10. The number of aliphatic hydroxyl groups is 1. The van der Waals surface area contributed by atoms with Gasteiger partial charge in [0.25, 0.3) is 0 Å². The molecular formula is C14H16O2S. The maximum atomic E-state index is 9.48. The molecule has 17 heavy (non-hydrogen) atoms. The van der Waals surface area contributed by atoms with Crippen LogP contribution in [0, 0.1) is 6.92 Å². The van der Waals surface area contributed by atoms with Gasteiger partial charge in [0.15, 0.2) is 0 Å². The topological polar surface area (TPSA) is 29.5 Å². The molecule has 1 N–H and O–H groups in total. The number of hydrogen-bond donors (Lipinski definition) is 1. The van der Waals surface area contributed by atoms with Crippen molar-refractivity contribution in [2.45, 2.75) is 26.6 Å². The summed E-state index contributed by atoms with van der Waals surface area (Å²) in [6.07, 6.45) is -0.431. The maximum Gasteiger partial charge on any atom is 0.122 e. The van der Waals surface area contributed by atoms with Crippen LogP contribution in [0.25, 0.3) is 0 Å². The number of aliphatic hydroxyl groups excluding tert-OH is 1. The van der Waals surface area contributed by atoms with Crippen molar-refractivity contribution >= 4 is 11.3 Å². The van der Waals surface area contributed by atoms with Gasteiger partial charge in [-0.3, -0.25) is 0 Å². The molecule has 0 saturated carbocycles. The second-order valence-electron chi connectivity index (χ2n) is 4.07. The third kappa shape index (κ3) is 3.08. The first-order valence-electron chi connectivity index (χ1n) is 5.60. The predicted molar refractivity (Wildman–Crippen MR) is 70.5 cm³/mol. The molecule has 0 amide bonds. The number of hydrogen-bond acceptors (Lipinski definition) is 3. The SMILES string of the molecule is Cc1cc([C@@H](C)O)ccc1OCc1cccs1. The van der Waals surface area contributed by atoms with Crippen LogP contribution in [0.4, 0.5) is 0 Å². The molecule has 0 aliphatic rings. The quantitative estimate of drug-likeness (QED) is 0.894. The minimum Gasteiger partial charge on any atom is -0.488 e. The number of rotatable bonds is 4. The molecule has 1 heterocycles. The summed E-state index contributed by atoms with van der Waals surface area (Å²) in [5.41, 5.74) is 1.98. The maximum absolute atomic E-state index is 9.48. The first-order valence-corrected chi connectivity index (χ1v) is 6.48. The van der Waals surface area contributed by atoms with Gasteiger partial charge in [0.1, 0.15) is 12.4 Å². The molecule has 3 heteroatoms. The molecule has 0 unspecified atom stereocenters. The normalized spacial score (nSPS) is 12.4. The lowest BCUT2D eigenvalue weighted by Crippen LogP contribution is -1.97. The zero-order valence-corrected chi connectivity index (χ0v) is 10.8. The average Bonchev–Trinajstić information content (AvgIpc) is 2.80.